The smallest absolute Gasteiger partial charge is 0.392 e. The lowest BCUT2D eigenvalue weighted by Gasteiger charge is -2.27. The lowest BCUT2D eigenvalue weighted by Crippen LogP contribution is -2.41. The van der Waals surface area contributed by atoms with Crippen molar-refractivity contribution in [3.63, 3.8) is 0 Å². The number of alkyl halides is 3. The van der Waals surface area contributed by atoms with Crippen LogP contribution in [0.4, 0.5) is 13.2 Å². The van der Waals surface area contributed by atoms with Crippen LogP contribution in [0.25, 0.3) is 11.3 Å². The van der Waals surface area contributed by atoms with Crippen molar-refractivity contribution in [2.75, 3.05) is 64.5 Å². The van der Waals surface area contributed by atoms with Gasteiger partial charge in [-0.1, -0.05) is 6.07 Å². The van der Waals surface area contributed by atoms with Gasteiger partial charge in [-0.2, -0.15) is 22.6 Å². The molecule has 43 heavy (non-hydrogen) atoms. The van der Waals surface area contributed by atoms with E-state index < -0.39 is 34.0 Å². The van der Waals surface area contributed by atoms with Crippen molar-refractivity contribution in [2.24, 2.45) is 0 Å². The van der Waals surface area contributed by atoms with Crippen molar-refractivity contribution in [3.8, 4) is 11.3 Å². The van der Waals surface area contributed by atoms with Gasteiger partial charge in [0.05, 0.1) is 55.2 Å². The van der Waals surface area contributed by atoms with Crippen LogP contribution < -0.4 is 0 Å². The number of morpholine rings is 1. The van der Waals surface area contributed by atoms with Gasteiger partial charge in [0.2, 0.25) is 15.9 Å². The van der Waals surface area contributed by atoms with E-state index in [0.29, 0.717) is 81.3 Å². The molecule has 2 fully saturated rings. The quantitative estimate of drug-likeness (QED) is 0.387. The fourth-order valence-corrected chi connectivity index (χ4v) is 7.53. The highest BCUT2D eigenvalue weighted by molar-refractivity contribution is 8.00. The number of carbonyl (C=O) groups is 1. The molecule has 0 saturated carbocycles. The topological polar surface area (TPSA) is 128 Å². The van der Waals surface area contributed by atoms with Crippen LogP contribution in [0, 0.1) is 0 Å². The Hall–Kier alpha value is -2.21. The second-order valence-corrected chi connectivity index (χ2v) is 14.1. The molecule has 0 spiro atoms. The van der Waals surface area contributed by atoms with Gasteiger partial charge >= 0.3 is 6.18 Å². The number of ether oxygens (including phenoxy) is 1. The van der Waals surface area contributed by atoms with Crippen LogP contribution in [0.1, 0.15) is 23.2 Å². The highest BCUT2D eigenvalue weighted by Crippen LogP contribution is 2.40. The molecule has 1 unspecified atom stereocenters. The number of hydrogen-bond donors (Lipinski definition) is 2. The Labute approximate surface area is 252 Å². The standard InChI is InChI=1S/C27H36F3N5O6S2/c1-43(39,40)34-7-5-23-21(16-34)26(31-35(23)15-20(37)14-32-6-4-19(36)13-32)18-2-3-22(27(28,29)30)24(12-18)42-17-25(38)33-8-10-41-11-9-33/h2-3,12,19-20,36-37H,4-11,13-17H2,1H3/t19-,20?/m1/s1. The number of nitrogens with zero attached hydrogens (tertiary/aromatic N) is 5. The van der Waals surface area contributed by atoms with Crippen LogP contribution in [0.5, 0.6) is 0 Å². The number of hydrogen-bond acceptors (Lipinski definition) is 9. The fourth-order valence-electron chi connectivity index (χ4n) is 5.73. The molecule has 0 aliphatic carbocycles. The largest absolute Gasteiger partial charge is 0.417 e. The minimum absolute atomic E-state index is 0.00305. The predicted molar refractivity (Wildman–Crippen MR) is 153 cm³/mol. The Morgan fingerprint density at radius 2 is 1.93 bits per heavy atom. The third-order valence-electron chi connectivity index (χ3n) is 7.94. The van der Waals surface area contributed by atoms with Gasteiger partial charge in [0, 0.05) is 74.0 Å². The number of aliphatic hydroxyl groups excluding tert-OH is 2. The van der Waals surface area contributed by atoms with E-state index in [9.17, 15) is 36.6 Å². The van der Waals surface area contributed by atoms with Gasteiger partial charge < -0.3 is 19.8 Å². The molecule has 11 nitrogen and oxygen atoms in total. The normalized spacial score (nSPS) is 21.3. The number of sulfonamides is 1. The number of carbonyl (C=O) groups excluding carboxylic acids is 1. The molecule has 0 bridgehead atoms. The SMILES string of the molecule is CS(=O)(=O)N1CCc2c(c(-c3ccc(C(F)(F)F)c(SCC(=O)N4CCOCC4)c3)nn2CC(O)CN2CC[C@@H](O)C2)C1. The first-order valence-corrected chi connectivity index (χ1v) is 16.9. The number of halogens is 3. The first-order valence-electron chi connectivity index (χ1n) is 14.1. The maximum Gasteiger partial charge on any atom is 0.417 e. The monoisotopic (exact) mass is 647 g/mol. The highest BCUT2D eigenvalue weighted by atomic mass is 32.2. The highest BCUT2D eigenvalue weighted by Gasteiger charge is 2.35. The van der Waals surface area contributed by atoms with Crippen LogP contribution in [0.15, 0.2) is 23.1 Å². The summed E-state index contributed by atoms with van der Waals surface area (Å²) >= 11 is 0.803. The van der Waals surface area contributed by atoms with Gasteiger partial charge in [0.15, 0.2) is 0 Å². The Balaban J connectivity index is 1.46. The average molecular weight is 648 g/mol. The summed E-state index contributed by atoms with van der Waals surface area (Å²) in [5.41, 5.74) is 1.11. The molecule has 4 heterocycles. The zero-order valence-electron chi connectivity index (χ0n) is 23.8. The van der Waals surface area contributed by atoms with E-state index in [0.717, 1.165) is 24.1 Å². The number of β-amino-alcohol motifs (C(OH)–C–C–N with tert-alkyl or cyclic N) is 2. The Morgan fingerprint density at radius 3 is 2.58 bits per heavy atom. The van der Waals surface area contributed by atoms with Gasteiger partial charge in [0.25, 0.3) is 0 Å². The number of thioether (sulfide) groups is 1. The lowest BCUT2D eigenvalue weighted by molar-refractivity contribution is -0.139. The molecule has 3 aliphatic heterocycles. The first-order chi connectivity index (χ1) is 20.3. The van der Waals surface area contributed by atoms with Gasteiger partial charge in [-0.05, 0) is 18.6 Å². The van der Waals surface area contributed by atoms with Crippen molar-refractivity contribution in [2.45, 2.75) is 49.2 Å². The van der Waals surface area contributed by atoms with E-state index in [1.165, 1.54) is 16.4 Å². The minimum atomic E-state index is -4.65. The van der Waals surface area contributed by atoms with Crippen LogP contribution in [0.2, 0.25) is 0 Å². The molecular formula is C27H36F3N5O6S2. The van der Waals surface area contributed by atoms with Crippen molar-refractivity contribution in [1.29, 1.82) is 0 Å². The molecule has 3 aliphatic rings. The summed E-state index contributed by atoms with van der Waals surface area (Å²) in [5.74, 6) is -0.463. The molecule has 5 rings (SSSR count). The molecule has 2 aromatic rings. The number of aromatic nitrogens is 2. The lowest BCUT2D eigenvalue weighted by atomic mass is 10.0. The number of likely N-dealkylation sites (tertiary alicyclic amines) is 1. The zero-order valence-corrected chi connectivity index (χ0v) is 25.4. The Morgan fingerprint density at radius 1 is 1.19 bits per heavy atom. The maximum atomic E-state index is 14.0. The molecule has 16 heteroatoms. The third kappa shape index (κ3) is 7.72. The number of fused-ring (bicyclic) bond motifs is 1. The third-order valence-corrected chi connectivity index (χ3v) is 10.2. The Kier molecular flexibility index (Phi) is 9.75. The van der Waals surface area contributed by atoms with E-state index in [4.69, 9.17) is 9.84 Å². The minimum Gasteiger partial charge on any atom is -0.392 e. The Bertz CT molecular complexity index is 1430. The molecule has 2 saturated heterocycles. The molecule has 2 atom stereocenters. The van der Waals surface area contributed by atoms with Crippen molar-refractivity contribution in [1.82, 2.24) is 23.9 Å². The van der Waals surface area contributed by atoms with Crippen molar-refractivity contribution >= 4 is 27.7 Å². The summed E-state index contributed by atoms with van der Waals surface area (Å²) < 4.78 is 74.9. The molecule has 1 amide bonds. The number of amides is 1. The molecule has 0 radical (unpaired) electrons. The van der Waals surface area contributed by atoms with Crippen LogP contribution in [-0.4, -0.2) is 125 Å². The first kappa shape index (κ1) is 32.2. The molecule has 1 aromatic heterocycles. The summed E-state index contributed by atoms with van der Waals surface area (Å²) in [6.07, 6.45) is -3.87. The summed E-state index contributed by atoms with van der Waals surface area (Å²) in [7, 11) is -3.55. The van der Waals surface area contributed by atoms with Crippen LogP contribution in [-0.2, 0) is 45.2 Å². The molecule has 1 aromatic carbocycles. The van der Waals surface area contributed by atoms with Crippen molar-refractivity contribution in [3.05, 3.63) is 35.0 Å². The van der Waals surface area contributed by atoms with E-state index >= 15 is 0 Å². The fraction of sp³-hybridized carbons (Fsp3) is 0.630. The second-order valence-electron chi connectivity index (χ2n) is 11.1. The summed E-state index contributed by atoms with van der Waals surface area (Å²) in [4.78, 5) is 16.1. The maximum absolute atomic E-state index is 14.0. The predicted octanol–water partition coefficient (Wildman–Crippen LogP) is 1.26. The molecular weight excluding hydrogens is 611 g/mol. The zero-order chi connectivity index (χ0) is 30.9. The summed E-state index contributed by atoms with van der Waals surface area (Å²) in [6.45, 7) is 3.28. The number of aliphatic hydroxyl groups is 2. The molecule has 238 valence electrons. The summed E-state index contributed by atoms with van der Waals surface area (Å²) in [6, 6.07) is 3.63. The number of benzene rings is 1. The van der Waals surface area contributed by atoms with Gasteiger partial charge in [-0.3, -0.25) is 14.4 Å². The van der Waals surface area contributed by atoms with E-state index in [-0.39, 0.29) is 36.2 Å². The average Bonchev–Trinajstić information content (AvgIpc) is 3.53. The van der Waals surface area contributed by atoms with Gasteiger partial charge in [-0.25, -0.2) is 8.42 Å². The number of rotatable bonds is 9. The van der Waals surface area contributed by atoms with Gasteiger partial charge in [-0.15, -0.1) is 11.8 Å². The van der Waals surface area contributed by atoms with E-state index in [2.05, 4.69) is 0 Å². The van der Waals surface area contributed by atoms with Crippen LogP contribution in [0.3, 0.4) is 0 Å². The van der Waals surface area contributed by atoms with Crippen molar-refractivity contribution < 1.29 is 41.3 Å². The van der Waals surface area contributed by atoms with Crippen LogP contribution >= 0.6 is 11.8 Å². The van der Waals surface area contributed by atoms with E-state index in [1.54, 1.807) is 9.58 Å². The van der Waals surface area contributed by atoms with Gasteiger partial charge in [0.1, 0.15) is 0 Å². The van der Waals surface area contributed by atoms with E-state index in [1.807, 2.05) is 4.90 Å². The summed E-state index contributed by atoms with van der Waals surface area (Å²) in [5, 5.41) is 25.4. The molecule has 2 N–H and O–H groups in total. The second kappa shape index (κ2) is 13.0.